The van der Waals surface area contributed by atoms with Gasteiger partial charge in [-0.25, -0.2) is 8.42 Å². The summed E-state index contributed by atoms with van der Waals surface area (Å²) in [5, 5.41) is 20.4. The molecule has 252 valence electrons. The number of benzene rings is 2. The Kier molecular flexibility index (Phi) is 16.5. The van der Waals surface area contributed by atoms with Gasteiger partial charge in [0.25, 0.3) is 0 Å². The van der Waals surface area contributed by atoms with Gasteiger partial charge >= 0.3 is 0 Å². The van der Waals surface area contributed by atoms with Gasteiger partial charge in [-0.3, -0.25) is 9.59 Å². The van der Waals surface area contributed by atoms with Crippen LogP contribution in [-0.4, -0.2) is 94.8 Å². The number of amides is 2. The zero-order valence-electron chi connectivity index (χ0n) is 27.5. The molecule has 2 aromatic carbocycles. The Labute approximate surface area is 269 Å². The summed E-state index contributed by atoms with van der Waals surface area (Å²) < 4.78 is 38.9. The summed E-state index contributed by atoms with van der Waals surface area (Å²) in [6, 6.07) is 14.2. The minimum Gasteiger partial charge on any atom is -0.497 e. The fourth-order valence-electron chi connectivity index (χ4n) is 4.81. The zero-order valence-corrected chi connectivity index (χ0v) is 28.3. The van der Waals surface area contributed by atoms with Crippen molar-refractivity contribution >= 4 is 21.8 Å². The largest absolute Gasteiger partial charge is 0.497 e. The lowest BCUT2D eigenvalue weighted by Gasteiger charge is -2.32. The summed E-state index contributed by atoms with van der Waals surface area (Å²) in [6.07, 6.45) is 0.305. The van der Waals surface area contributed by atoms with E-state index >= 15 is 0 Å². The average molecular weight is 649 g/mol. The highest BCUT2D eigenvalue weighted by molar-refractivity contribution is 7.89. The Morgan fingerprint density at radius 2 is 1.62 bits per heavy atom. The van der Waals surface area contributed by atoms with Gasteiger partial charge in [0.15, 0.2) is 0 Å². The van der Waals surface area contributed by atoms with Crippen molar-refractivity contribution in [2.75, 3.05) is 47.0 Å². The van der Waals surface area contributed by atoms with Crippen LogP contribution in [0, 0.1) is 11.8 Å². The minimum atomic E-state index is -3.98. The Hall–Kier alpha value is -3.03. The summed E-state index contributed by atoms with van der Waals surface area (Å²) in [4.78, 5) is 26.5. The number of rotatable bonds is 21. The van der Waals surface area contributed by atoms with Gasteiger partial charge in [-0.1, -0.05) is 64.4 Å². The van der Waals surface area contributed by atoms with Gasteiger partial charge in [0.2, 0.25) is 21.8 Å². The van der Waals surface area contributed by atoms with Gasteiger partial charge in [0.1, 0.15) is 11.8 Å². The van der Waals surface area contributed by atoms with Crippen molar-refractivity contribution < 1.29 is 32.6 Å². The topological polar surface area (TPSA) is 146 Å². The third kappa shape index (κ3) is 12.7. The first kappa shape index (κ1) is 38.2. The number of nitrogens with one attached hydrogen (secondary N) is 3. The van der Waals surface area contributed by atoms with Crippen LogP contribution in [-0.2, 0) is 30.8 Å². The van der Waals surface area contributed by atoms with E-state index in [1.54, 1.807) is 19.2 Å². The Balaban J connectivity index is 2.31. The highest BCUT2D eigenvalue weighted by Crippen LogP contribution is 2.22. The van der Waals surface area contributed by atoms with Gasteiger partial charge in [-0.15, -0.1) is 0 Å². The van der Waals surface area contributed by atoms with Crippen LogP contribution in [0.25, 0.3) is 0 Å². The fraction of sp³-hybridized carbons (Fsp3) is 0.576. The predicted molar refractivity (Wildman–Crippen MR) is 175 cm³/mol. The second-order valence-corrected chi connectivity index (χ2v) is 13.6. The van der Waals surface area contributed by atoms with Crippen molar-refractivity contribution in [2.24, 2.45) is 11.8 Å². The Morgan fingerprint density at radius 1 is 0.956 bits per heavy atom. The molecule has 0 radical (unpaired) electrons. The van der Waals surface area contributed by atoms with Gasteiger partial charge in [-0.05, 0) is 54.5 Å². The second kappa shape index (κ2) is 19.5. The third-order valence-corrected chi connectivity index (χ3v) is 9.46. The first-order valence-electron chi connectivity index (χ1n) is 15.6. The summed E-state index contributed by atoms with van der Waals surface area (Å²) >= 11 is 0. The first-order chi connectivity index (χ1) is 21.4. The number of methoxy groups -OCH3 is 2. The van der Waals surface area contributed by atoms with Crippen molar-refractivity contribution in [1.82, 2.24) is 20.3 Å². The average Bonchev–Trinajstić information content (AvgIpc) is 3.03. The van der Waals surface area contributed by atoms with Crippen molar-refractivity contribution in [2.45, 2.75) is 70.0 Å². The predicted octanol–water partition coefficient (Wildman–Crippen LogP) is 2.59. The molecular weight excluding hydrogens is 596 g/mol. The van der Waals surface area contributed by atoms with Gasteiger partial charge in [0, 0.05) is 26.7 Å². The van der Waals surface area contributed by atoms with E-state index in [0.717, 1.165) is 5.56 Å². The van der Waals surface area contributed by atoms with Crippen molar-refractivity contribution in [1.29, 1.82) is 0 Å². The van der Waals surface area contributed by atoms with Crippen LogP contribution in [0.15, 0.2) is 59.5 Å². The number of aliphatic hydroxyl groups is 1. The molecule has 2 amide bonds. The molecule has 2 aromatic rings. The molecule has 45 heavy (non-hydrogen) atoms. The quantitative estimate of drug-likeness (QED) is 0.151. The monoisotopic (exact) mass is 648 g/mol. The van der Waals surface area contributed by atoms with E-state index in [1.807, 2.05) is 58.0 Å². The van der Waals surface area contributed by atoms with E-state index in [-0.39, 0.29) is 42.3 Å². The van der Waals surface area contributed by atoms with Crippen LogP contribution in [0.5, 0.6) is 5.75 Å². The summed E-state index contributed by atoms with van der Waals surface area (Å²) in [7, 11) is -0.896. The molecule has 0 heterocycles. The third-order valence-electron chi connectivity index (χ3n) is 7.62. The number of sulfonamides is 1. The van der Waals surface area contributed by atoms with Crippen molar-refractivity contribution in [3.63, 3.8) is 0 Å². The highest BCUT2D eigenvalue weighted by Gasteiger charge is 2.33. The van der Waals surface area contributed by atoms with Crippen LogP contribution in [0.2, 0.25) is 0 Å². The molecule has 0 aromatic heterocycles. The molecule has 0 fully saturated rings. The number of carbonyl (C=O) groups is 2. The molecule has 11 nitrogen and oxygen atoms in total. The van der Waals surface area contributed by atoms with Gasteiger partial charge in [0.05, 0.1) is 37.3 Å². The first-order valence-corrected chi connectivity index (χ1v) is 17.0. The molecule has 0 spiro atoms. The molecule has 0 aliphatic rings. The molecule has 0 saturated heterocycles. The number of hydrogen-bond donors (Lipinski definition) is 4. The summed E-state index contributed by atoms with van der Waals surface area (Å²) in [5.74, 6) is -0.443. The van der Waals surface area contributed by atoms with E-state index < -0.39 is 34.1 Å². The smallest absolute Gasteiger partial charge is 0.243 e. The molecule has 0 bridgehead atoms. The van der Waals surface area contributed by atoms with Crippen LogP contribution in [0.1, 0.15) is 46.1 Å². The van der Waals surface area contributed by atoms with Gasteiger partial charge < -0.3 is 30.5 Å². The van der Waals surface area contributed by atoms with Crippen LogP contribution in [0.3, 0.4) is 0 Å². The molecule has 0 aliphatic carbocycles. The Bertz CT molecular complexity index is 1260. The maximum atomic E-state index is 13.7. The van der Waals surface area contributed by atoms with E-state index in [0.29, 0.717) is 38.2 Å². The molecule has 12 heteroatoms. The highest BCUT2D eigenvalue weighted by atomic mass is 32.2. The lowest BCUT2D eigenvalue weighted by molar-refractivity contribution is -0.131. The van der Waals surface area contributed by atoms with Crippen LogP contribution >= 0.6 is 0 Å². The van der Waals surface area contributed by atoms with Crippen molar-refractivity contribution in [3.05, 3.63) is 60.2 Å². The lowest BCUT2D eigenvalue weighted by Crippen LogP contribution is -2.57. The van der Waals surface area contributed by atoms with E-state index in [1.165, 1.54) is 23.5 Å². The van der Waals surface area contributed by atoms with Gasteiger partial charge in [-0.2, -0.15) is 4.31 Å². The molecular formula is C33H52N4O7S. The van der Waals surface area contributed by atoms with Crippen LogP contribution < -0.4 is 20.7 Å². The summed E-state index contributed by atoms with van der Waals surface area (Å²) in [5.41, 5.74) is 1.02. The number of hydrogen-bond acceptors (Lipinski definition) is 8. The number of ether oxygens (including phenoxy) is 2. The zero-order chi connectivity index (χ0) is 33.4. The number of aryl methyl sites for hydroxylation is 1. The number of aliphatic hydroxyl groups excluding tert-OH is 1. The Morgan fingerprint density at radius 3 is 2.20 bits per heavy atom. The van der Waals surface area contributed by atoms with Crippen LogP contribution in [0.4, 0.5) is 0 Å². The van der Waals surface area contributed by atoms with E-state index in [2.05, 4.69) is 16.0 Å². The molecule has 0 saturated carbocycles. The fourth-order valence-corrected chi connectivity index (χ4v) is 6.43. The number of carbonyl (C=O) groups excluding carboxylic acids is 2. The molecule has 2 rings (SSSR count). The minimum absolute atomic E-state index is 0.0231. The molecule has 0 aliphatic heterocycles. The molecule has 4 N–H and O–H groups in total. The normalized spacial score (nSPS) is 14.5. The van der Waals surface area contributed by atoms with E-state index in [4.69, 9.17) is 9.47 Å². The standard InChI is InChI=1S/C33H52N4O7S/c1-7-25(4)32(36-31(39)21-34-19-20-43-5)33(40)35-29(18-13-26-11-9-8-10-12-26)30(38)23-37(22-24(2)3)45(41,42)28-16-14-27(44-6)15-17-28/h8-12,14-17,24-25,29-30,32,34,38H,7,13,18-23H2,1-6H3,(H,35,40)(H,36,39)/t25?,29-,30+,32-/m0/s1. The molecule has 4 atom stereocenters. The summed E-state index contributed by atoms with van der Waals surface area (Å²) in [6.45, 7) is 8.53. The van der Waals surface area contributed by atoms with Crippen molar-refractivity contribution in [3.8, 4) is 5.75 Å². The SMILES string of the molecule is CCC(C)[C@H](NC(=O)CNCCOC)C(=O)N[C@@H](CCc1ccccc1)[C@H](O)CN(CC(C)C)S(=O)(=O)c1ccc(OC)cc1. The maximum Gasteiger partial charge on any atom is 0.243 e. The second-order valence-electron chi connectivity index (χ2n) is 11.7. The lowest BCUT2D eigenvalue weighted by atomic mass is 9.96. The maximum absolute atomic E-state index is 13.7. The number of nitrogens with zero attached hydrogens (tertiary/aromatic N) is 1. The van der Waals surface area contributed by atoms with E-state index in [9.17, 15) is 23.1 Å². The molecule has 1 unspecified atom stereocenters.